The van der Waals surface area contributed by atoms with Crippen LogP contribution in [0.5, 0.6) is 5.75 Å². The van der Waals surface area contributed by atoms with E-state index in [4.69, 9.17) is 9.73 Å². The minimum absolute atomic E-state index is 0.186. The average Bonchev–Trinajstić information content (AvgIpc) is 2.92. The zero-order chi connectivity index (χ0) is 25.8. The summed E-state index contributed by atoms with van der Waals surface area (Å²) in [5, 5.41) is 5.63. The van der Waals surface area contributed by atoms with Gasteiger partial charge in [-0.05, 0) is 72.8 Å². The molecule has 1 N–H and O–H groups in total. The molecule has 0 spiro atoms. The van der Waals surface area contributed by atoms with Crippen LogP contribution in [0.1, 0.15) is 10.4 Å². The number of pyridine rings is 2. The van der Waals surface area contributed by atoms with E-state index in [0.717, 1.165) is 38.7 Å². The Morgan fingerprint density at radius 3 is 2.16 bits per heavy atom. The molecule has 0 saturated heterocycles. The molecule has 0 aliphatic carbocycles. The number of fused-ring (bicyclic) bond motifs is 1. The third-order valence-corrected chi connectivity index (χ3v) is 6.03. The number of para-hydroxylation sites is 1. The highest BCUT2D eigenvalue weighted by atomic mass is 16.5. The molecular formula is C30H27N5O2. The minimum Gasteiger partial charge on any atom is -0.495 e. The standard InChI is InChI=1S/C30H27N5O2/c1-34-18-15-25(16-19-34)31-22-11-13-24(14-12-22)33-30(36)21-7-9-23(10-8-21)32-27-17-20-35(2)29-26(27)5-4-6-28(29)37-3/h4-20H,1-3H3,(H,33,36). The fourth-order valence-corrected chi connectivity index (χ4v) is 4.07. The van der Waals surface area contributed by atoms with Crippen molar-refractivity contribution in [1.29, 1.82) is 0 Å². The molecule has 0 fully saturated rings. The second kappa shape index (κ2) is 10.4. The molecule has 7 nitrogen and oxygen atoms in total. The highest BCUT2D eigenvalue weighted by molar-refractivity contribution is 6.04. The molecule has 184 valence electrons. The maximum atomic E-state index is 12.8. The van der Waals surface area contributed by atoms with Crippen LogP contribution in [0, 0.1) is 0 Å². The summed E-state index contributed by atoms with van der Waals surface area (Å²) in [5.41, 5.74) is 3.80. The molecular weight excluding hydrogens is 462 g/mol. The quantitative estimate of drug-likeness (QED) is 0.367. The number of benzene rings is 3. The molecule has 37 heavy (non-hydrogen) atoms. The molecule has 2 heterocycles. The molecule has 0 aliphatic rings. The molecule has 0 unspecified atom stereocenters. The van der Waals surface area contributed by atoms with Crippen LogP contribution in [0.15, 0.2) is 114 Å². The predicted molar refractivity (Wildman–Crippen MR) is 146 cm³/mol. The number of aryl methyl sites for hydroxylation is 2. The Hall–Kier alpha value is -4.91. The van der Waals surface area contributed by atoms with Gasteiger partial charge >= 0.3 is 0 Å². The third-order valence-electron chi connectivity index (χ3n) is 6.03. The first-order valence-electron chi connectivity index (χ1n) is 11.9. The highest BCUT2D eigenvalue weighted by Gasteiger charge is 2.08. The van der Waals surface area contributed by atoms with E-state index in [2.05, 4.69) is 10.3 Å². The number of anilines is 1. The van der Waals surface area contributed by atoms with Gasteiger partial charge in [-0.2, -0.15) is 0 Å². The molecule has 0 atom stereocenters. The summed E-state index contributed by atoms with van der Waals surface area (Å²) in [4.78, 5) is 22.2. The first-order valence-corrected chi connectivity index (χ1v) is 11.9. The molecule has 7 heteroatoms. The van der Waals surface area contributed by atoms with Crippen molar-refractivity contribution in [1.82, 2.24) is 9.13 Å². The Labute approximate surface area is 214 Å². The molecule has 0 radical (unpaired) electrons. The van der Waals surface area contributed by atoms with Crippen molar-refractivity contribution in [3.8, 4) is 5.75 Å². The molecule has 0 bridgehead atoms. The fourth-order valence-electron chi connectivity index (χ4n) is 4.07. The lowest BCUT2D eigenvalue weighted by Gasteiger charge is -2.10. The number of carbonyl (C=O) groups excluding carboxylic acids is 1. The number of nitrogens with one attached hydrogen (secondary N) is 1. The van der Waals surface area contributed by atoms with Gasteiger partial charge in [-0.25, -0.2) is 9.98 Å². The molecule has 1 amide bonds. The van der Waals surface area contributed by atoms with Gasteiger partial charge in [0.25, 0.3) is 5.91 Å². The van der Waals surface area contributed by atoms with Crippen LogP contribution in [0.25, 0.3) is 10.9 Å². The molecule has 2 aromatic heterocycles. The molecule has 5 rings (SSSR count). The van der Waals surface area contributed by atoms with Gasteiger partial charge in [0.1, 0.15) is 5.75 Å². The predicted octanol–water partition coefficient (Wildman–Crippen LogP) is 5.24. The van der Waals surface area contributed by atoms with E-state index < -0.39 is 0 Å². The van der Waals surface area contributed by atoms with Crippen LogP contribution in [0.2, 0.25) is 0 Å². The number of aromatic nitrogens is 2. The fraction of sp³-hybridized carbons (Fsp3) is 0.100. The van der Waals surface area contributed by atoms with Gasteiger partial charge in [0.05, 0.1) is 34.7 Å². The maximum absolute atomic E-state index is 12.8. The number of carbonyl (C=O) groups is 1. The van der Waals surface area contributed by atoms with Crippen LogP contribution in [-0.4, -0.2) is 22.2 Å². The van der Waals surface area contributed by atoms with Crippen LogP contribution < -0.4 is 20.8 Å². The van der Waals surface area contributed by atoms with Crippen molar-refractivity contribution >= 4 is 33.9 Å². The van der Waals surface area contributed by atoms with Crippen LogP contribution in [0.3, 0.4) is 0 Å². The summed E-state index contributed by atoms with van der Waals surface area (Å²) in [7, 11) is 5.61. The zero-order valence-electron chi connectivity index (χ0n) is 20.9. The van der Waals surface area contributed by atoms with Gasteiger partial charge in [-0.3, -0.25) is 4.79 Å². The van der Waals surface area contributed by atoms with Gasteiger partial charge in [-0.1, -0.05) is 12.1 Å². The second-order valence-electron chi connectivity index (χ2n) is 8.66. The third kappa shape index (κ3) is 5.36. The SMILES string of the molecule is COc1cccc2c(=Nc3ccc(C(=O)Nc4ccc(N=c5ccn(C)cc5)cc4)cc3)ccn(C)c12. The summed E-state index contributed by atoms with van der Waals surface area (Å²) in [6.45, 7) is 0. The van der Waals surface area contributed by atoms with Gasteiger partial charge in [-0.15, -0.1) is 0 Å². The summed E-state index contributed by atoms with van der Waals surface area (Å²) < 4.78 is 9.50. The van der Waals surface area contributed by atoms with E-state index in [1.165, 1.54) is 0 Å². The lowest BCUT2D eigenvalue weighted by Crippen LogP contribution is -2.11. The Balaban J connectivity index is 1.33. The van der Waals surface area contributed by atoms with Gasteiger partial charge in [0.15, 0.2) is 0 Å². The van der Waals surface area contributed by atoms with Crippen molar-refractivity contribution in [2.24, 2.45) is 24.1 Å². The summed E-state index contributed by atoms with van der Waals surface area (Å²) in [5.74, 6) is 0.605. The maximum Gasteiger partial charge on any atom is 0.255 e. The number of rotatable bonds is 5. The number of nitrogens with zero attached hydrogens (tertiary/aromatic N) is 4. The minimum atomic E-state index is -0.186. The summed E-state index contributed by atoms with van der Waals surface area (Å²) in [6, 6.07) is 26.5. The Bertz CT molecular complexity index is 1690. The molecule has 3 aromatic carbocycles. The zero-order valence-corrected chi connectivity index (χ0v) is 20.9. The van der Waals surface area contributed by atoms with E-state index >= 15 is 0 Å². The van der Waals surface area contributed by atoms with E-state index in [1.807, 2.05) is 115 Å². The van der Waals surface area contributed by atoms with E-state index in [-0.39, 0.29) is 5.91 Å². The van der Waals surface area contributed by atoms with Crippen molar-refractivity contribution in [3.63, 3.8) is 0 Å². The first kappa shape index (κ1) is 23.8. The summed E-state index contributed by atoms with van der Waals surface area (Å²) >= 11 is 0. The van der Waals surface area contributed by atoms with Crippen molar-refractivity contribution < 1.29 is 9.53 Å². The van der Waals surface area contributed by atoms with Crippen molar-refractivity contribution in [3.05, 3.63) is 120 Å². The van der Waals surface area contributed by atoms with Crippen LogP contribution >= 0.6 is 0 Å². The topological polar surface area (TPSA) is 72.9 Å². The number of hydrogen-bond acceptors (Lipinski definition) is 4. The number of ether oxygens (including phenoxy) is 1. The number of amides is 1. The Kier molecular flexibility index (Phi) is 6.68. The highest BCUT2D eigenvalue weighted by Crippen LogP contribution is 2.23. The largest absolute Gasteiger partial charge is 0.495 e. The number of hydrogen-bond donors (Lipinski definition) is 1. The summed E-state index contributed by atoms with van der Waals surface area (Å²) in [6.07, 6.45) is 5.86. The van der Waals surface area contributed by atoms with Crippen molar-refractivity contribution in [2.45, 2.75) is 0 Å². The van der Waals surface area contributed by atoms with Gasteiger partial charge < -0.3 is 19.2 Å². The van der Waals surface area contributed by atoms with Crippen LogP contribution in [0.4, 0.5) is 17.1 Å². The van der Waals surface area contributed by atoms with E-state index in [9.17, 15) is 4.79 Å². The van der Waals surface area contributed by atoms with Gasteiger partial charge in [0, 0.05) is 49.3 Å². The lowest BCUT2D eigenvalue weighted by molar-refractivity contribution is 0.102. The molecule has 0 aliphatic heterocycles. The Morgan fingerprint density at radius 2 is 1.46 bits per heavy atom. The van der Waals surface area contributed by atoms with E-state index in [1.54, 1.807) is 19.2 Å². The van der Waals surface area contributed by atoms with Crippen molar-refractivity contribution in [2.75, 3.05) is 12.4 Å². The van der Waals surface area contributed by atoms with E-state index in [0.29, 0.717) is 11.3 Å². The first-order chi connectivity index (χ1) is 18.0. The molecule has 0 saturated carbocycles. The Morgan fingerprint density at radius 1 is 0.784 bits per heavy atom. The second-order valence-corrected chi connectivity index (χ2v) is 8.66. The smallest absolute Gasteiger partial charge is 0.255 e. The lowest BCUT2D eigenvalue weighted by atomic mass is 10.1. The van der Waals surface area contributed by atoms with Crippen LogP contribution in [-0.2, 0) is 14.1 Å². The molecule has 5 aromatic rings. The number of methoxy groups -OCH3 is 1. The van der Waals surface area contributed by atoms with Gasteiger partial charge in [0.2, 0.25) is 0 Å². The monoisotopic (exact) mass is 489 g/mol. The normalized spacial score (nSPS) is 11.4. The average molecular weight is 490 g/mol.